The lowest BCUT2D eigenvalue weighted by atomic mass is 9.98. The lowest BCUT2D eigenvalue weighted by Gasteiger charge is -2.21. The second kappa shape index (κ2) is 12.2. The van der Waals surface area contributed by atoms with Crippen molar-refractivity contribution in [1.82, 2.24) is 10.6 Å². The summed E-state index contributed by atoms with van der Waals surface area (Å²) >= 11 is 0. The molecule has 0 bridgehead atoms. The molecule has 2 atom stereocenters. The number of aliphatic carboxylic acids is 1. The van der Waals surface area contributed by atoms with Gasteiger partial charge >= 0.3 is 12.1 Å². The number of amides is 2. The zero-order valence-electron chi connectivity index (χ0n) is 19.6. The molecule has 1 aliphatic carbocycles. The van der Waals surface area contributed by atoms with Crippen molar-refractivity contribution >= 4 is 18.0 Å². The van der Waals surface area contributed by atoms with Gasteiger partial charge in [-0.15, -0.1) is 0 Å². The maximum absolute atomic E-state index is 12.7. The van der Waals surface area contributed by atoms with Crippen LogP contribution in [-0.4, -0.2) is 55.5 Å². The number of benzene rings is 2. The summed E-state index contributed by atoms with van der Waals surface area (Å²) in [5.41, 5.74) is 4.50. The summed E-state index contributed by atoms with van der Waals surface area (Å²) in [6.45, 7) is 2.19. The maximum atomic E-state index is 12.7. The number of methoxy groups -OCH3 is 1. The fourth-order valence-electron chi connectivity index (χ4n) is 4.23. The van der Waals surface area contributed by atoms with E-state index in [0.29, 0.717) is 6.42 Å². The van der Waals surface area contributed by atoms with Crippen LogP contribution in [0.2, 0.25) is 0 Å². The summed E-state index contributed by atoms with van der Waals surface area (Å²) in [6.07, 6.45) is 0.509. The number of nitrogens with one attached hydrogen (secondary N) is 2. The second-order valence-electron chi connectivity index (χ2n) is 8.37. The molecule has 0 radical (unpaired) electrons. The SMILES string of the molecule is CCCCC(NC(=O)OCC1c2ccccc2-c2ccccc21)C(=O)NCC(CC(=O)O)OC. The van der Waals surface area contributed by atoms with Crippen LogP contribution in [0.1, 0.15) is 49.7 Å². The molecule has 2 unspecified atom stereocenters. The summed E-state index contributed by atoms with van der Waals surface area (Å²) in [6, 6.07) is 15.4. The zero-order valence-corrected chi connectivity index (χ0v) is 19.6. The number of unbranched alkanes of at least 4 members (excludes halogenated alkanes) is 1. The van der Waals surface area contributed by atoms with E-state index in [4.69, 9.17) is 14.6 Å². The van der Waals surface area contributed by atoms with E-state index in [1.807, 2.05) is 43.3 Å². The fraction of sp³-hybridized carbons (Fsp3) is 0.423. The van der Waals surface area contributed by atoms with E-state index in [2.05, 4.69) is 22.8 Å². The van der Waals surface area contributed by atoms with Gasteiger partial charge in [-0.25, -0.2) is 4.79 Å². The Hall–Kier alpha value is -3.39. The number of hydrogen-bond donors (Lipinski definition) is 3. The highest BCUT2D eigenvalue weighted by atomic mass is 16.5. The molecule has 2 aromatic carbocycles. The third-order valence-corrected chi connectivity index (χ3v) is 6.04. The molecule has 0 aliphatic heterocycles. The average Bonchev–Trinajstić information content (AvgIpc) is 3.16. The lowest BCUT2D eigenvalue weighted by Crippen LogP contribution is -2.48. The first-order valence-electron chi connectivity index (χ1n) is 11.6. The topological polar surface area (TPSA) is 114 Å². The molecule has 2 amide bonds. The number of alkyl carbamates (subject to hydrolysis) is 1. The molecule has 3 rings (SSSR count). The van der Waals surface area contributed by atoms with Crippen molar-refractivity contribution in [2.75, 3.05) is 20.3 Å². The molecule has 182 valence electrons. The van der Waals surface area contributed by atoms with Crippen LogP contribution in [0.25, 0.3) is 11.1 Å². The molecule has 0 saturated carbocycles. The van der Waals surface area contributed by atoms with Gasteiger partial charge < -0.3 is 25.2 Å². The molecule has 34 heavy (non-hydrogen) atoms. The van der Waals surface area contributed by atoms with Crippen LogP contribution in [-0.2, 0) is 19.1 Å². The van der Waals surface area contributed by atoms with E-state index < -0.39 is 30.1 Å². The summed E-state index contributed by atoms with van der Waals surface area (Å²) in [5, 5.41) is 14.3. The monoisotopic (exact) mass is 468 g/mol. The molecule has 0 saturated heterocycles. The minimum Gasteiger partial charge on any atom is -0.481 e. The summed E-state index contributed by atoms with van der Waals surface area (Å²) in [7, 11) is 1.39. The van der Waals surface area contributed by atoms with Gasteiger partial charge in [0.1, 0.15) is 12.6 Å². The van der Waals surface area contributed by atoms with Gasteiger partial charge in [0.05, 0.1) is 12.5 Å². The molecular formula is C26H32N2O6. The third-order valence-electron chi connectivity index (χ3n) is 6.04. The van der Waals surface area contributed by atoms with Crippen molar-refractivity contribution < 1.29 is 29.0 Å². The number of carbonyl (C=O) groups is 3. The van der Waals surface area contributed by atoms with E-state index in [9.17, 15) is 14.4 Å². The molecule has 2 aromatic rings. The predicted octanol–water partition coefficient (Wildman–Crippen LogP) is 3.69. The Morgan fingerprint density at radius 2 is 1.65 bits per heavy atom. The Morgan fingerprint density at radius 1 is 1.03 bits per heavy atom. The summed E-state index contributed by atoms with van der Waals surface area (Å²) in [4.78, 5) is 36.2. The zero-order chi connectivity index (χ0) is 24.5. The number of hydrogen-bond acceptors (Lipinski definition) is 5. The molecule has 8 nitrogen and oxygen atoms in total. The van der Waals surface area contributed by atoms with Crippen LogP contribution >= 0.6 is 0 Å². The van der Waals surface area contributed by atoms with Gasteiger partial charge in [-0.3, -0.25) is 9.59 Å². The Bertz CT molecular complexity index is 963. The fourth-order valence-corrected chi connectivity index (χ4v) is 4.23. The molecule has 0 heterocycles. The first kappa shape index (κ1) is 25.2. The first-order valence-corrected chi connectivity index (χ1v) is 11.6. The highest BCUT2D eigenvalue weighted by Gasteiger charge is 2.30. The van der Waals surface area contributed by atoms with Crippen molar-refractivity contribution in [3.05, 3.63) is 59.7 Å². The van der Waals surface area contributed by atoms with Crippen molar-refractivity contribution in [1.29, 1.82) is 0 Å². The largest absolute Gasteiger partial charge is 0.481 e. The van der Waals surface area contributed by atoms with Gasteiger partial charge in [-0.05, 0) is 28.7 Å². The Kier molecular flexibility index (Phi) is 9.04. The van der Waals surface area contributed by atoms with Crippen LogP contribution in [0.5, 0.6) is 0 Å². The van der Waals surface area contributed by atoms with Crippen LogP contribution in [0.15, 0.2) is 48.5 Å². The van der Waals surface area contributed by atoms with E-state index in [1.165, 1.54) is 7.11 Å². The van der Waals surface area contributed by atoms with Crippen molar-refractivity contribution in [2.45, 2.75) is 50.7 Å². The maximum Gasteiger partial charge on any atom is 0.407 e. The van der Waals surface area contributed by atoms with Gasteiger partial charge in [0.25, 0.3) is 0 Å². The van der Waals surface area contributed by atoms with Crippen LogP contribution in [0.4, 0.5) is 4.79 Å². The van der Waals surface area contributed by atoms with E-state index in [-0.39, 0.29) is 25.5 Å². The number of rotatable bonds is 12. The van der Waals surface area contributed by atoms with Crippen molar-refractivity contribution in [3.63, 3.8) is 0 Å². The molecule has 0 aromatic heterocycles. The molecule has 0 spiro atoms. The third kappa shape index (κ3) is 6.35. The van der Waals surface area contributed by atoms with Crippen LogP contribution in [0.3, 0.4) is 0 Å². The van der Waals surface area contributed by atoms with Crippen LogP contribution < -0.4 is 10.6 Å². The van der Waals surface area contributed by atoms with Gasteiger partial charge in [-0.1, -0.05) is 68.3 Å². The molecular weight excluding hydrogens is 436 g/mol. The molecule has 1 aliphatic rings. The smallest absolute Gasteiger partial charge is 0.407 e. The quantitative estimate of drug-likeness (QED) is 0.438. The van der Waals surface area contributed by atoms with E-state index >= 15 is 0 Å². The number of ether oxygens (including phenoxy) is 2. The minimum atomic E-state index is -1.01. The van der Waals surface area contributed by atoms with Gasteiger partial charge in [0, 0.05) is 19.6 Å². The minimum absolute atomic E-state index is 0.0383. The highest BCUT2D eigenvalue weighted by Crippen LogP contribution is 2.44. The number of carboxylic acids is 1. The van der Waals surface area contributed by atoms with Crippen LogP contribution in [0, 0.1) is 0 Å². The van der Waals surface area contributed by atoms with Crippen molar-refractivity contribution in [2.24, 2.45) is 0 Å². The molecule has 0 fully saturated rings. The predicted molar refractivity (Wildman–Crippen MR) is 128 cm³/mol. The van der Waals surface area contributed by atoms with Gasteiger partial charge in [-0.2, -0.15) is 0 Å². The number of carboxylic acid groups (broad SMARTS) is 1. The Labute approximate surface area is 199 Å². The van der Waals surface area contributed by atoms with Crippen molar-refractivity contribution in [3.8, 4) is 11.1 Å². The van der Waals surface area contributed by atoms with Gasteiger partial charge in [0.2, 0.25) is 5.91 Å². The Morgan fingerprint density at radius 3 is 2.21 bits per heavy atom. The lowest BCUT2D eigenvalue weighted by molar-refractivity contribution is -0.140. The van der Waals surface area contributed by atoms with E-state index in [1.54, 1.807) is 0 Å². The number of carbonyl (C=O) groups excluding carboxylic acids is 2. The normalized spacial score (nSPS) is 13.9. The first-order chi connectivity index (χ1) is 16.4. The average molecular weight is 469 g/mol. The second-order valence-corrected chi connectivity index (χ2v) is 8.37. The van der Waals surface area contributed by atoms with Gasteiger partial charge in [0.15, 0.2) is 0 Å². The number of fused-ring (bicyclic) bond motifs is 3. The Balaban J connectivity index is 1.60. The van der Waals surface area contributed by atoms with E-state index in [0.717, 1.165) is 35.1 Å². The molecule has 3 N–H and O–H groups in total. The molecule has 8 heteroatoms. The summed E-state index contributed by atoms with van der Waals surface area (Å²) < 4.78 is 10.7. The highest BCUT2D eigenvalue weighted by molar-refractivity contribution is 5.85. The standard InChI is InChI=1S/C26H32N2O6/c1-3-4-13-23(25(31)27-15-17(33-2)14-24(29)30)28-26(32)34-16-22-20-11-7-5-9-18(20)19-10-6-8-12-21(19)22/h5-12,17,22-23H,3-4,13-16H2,1-2H3,(H,27,31)(H,28,32)(H,29,30). The summed E-state index contributed by atoms with van der Waals surface area (Å²) in [5.74, 6) is -1.48.